The number of fused-ring (bicyclic) bond motifs is 1. The topological polar surface area (TPSA) is 32.9 Å². The molecule has 3 rings (SSSR count). The molecule has 3 aromatic rings. The summed E-state index contributed by atoms with van der Waals surface area (Å²) in [4.78, 5) is 14.6. The number of nitrogens with one attached hydrogen (secondary N) is 1. The summed E-state index contributed by atoms with van der Waals surface area (Å²) in [7, 11) is 0. The predicted octanol–water partition coefficient (Wildman–Crippen LogP) is 4.91. The first-order chi connectivity index (χ1) is 10.1. The second-order valence-corrected chi connectivity index (χ2v) is 5.50. The van der Waals surface area contributed by atoms with Gasteiger partial charge in [-0.2, -0.15) is 0 Å². The van der Waals surface area contributed by atoms with E-state index in [9.17, 15) is 9.18 Å². The van der Waals surface area contributed by atoms with Crippen molar-refractivity contribution in [2.24, 2.45) is 0 Å². The van der Waals surface area contributed by atoms with E-state index in [0.717, 1.165) is 23.1 Å². The Hall–Kier alpha value is -2.42. The fourth-order valence-corrected chi connectivity index (χ4v) is 2.57. The summed E-state index contributed by atoms with van der Waals surface area (Å²) in [5.41, 5.74) is 4.18. The number of rotatable bonds is 3. The molecule has 0 spiro atoms. The zero-order chi connectivity index (χ0) is 15.0. The Kier molecular flexibility index (Phi) is 3.34. The first-order valence-corrected chi connectivity index (χ1v) is 6.97. The van der Waals surface area contributed by atoms with Gasteiger partial charge in [0, 0.05) is 16.5 Å². The lowest BCUT2D eigenvalue weighted by molar-refractivity contribution is 0.112. The highest BCUT2D eigenvalue weighted by molar-refractivity contribution is 6.04. The Labute approximate surface area is 122 Å². The fourth-order valence-electron chi connectivity index (χ4n) is 2.57. The third-order valence-corrected chi connectivity index (χ3v) is 3.78. The highest BCUT2D eigenvalue weighted by Gasteiger charge is 2.13. The molecule has 3 heteroatoms. The van der Waals surface area contributed by atoms with Crippen molar-refractivity contribution in [3.63, 3.8) is 0 Å². The SMILES string of the molecule is CC(C)c1ccc(-c2[nH]c3ccc(F)cc3c2C=O)cc1. The second kappa shape index (κ2) is 5.17. The molecular formula is C18H16FNO. The third kappa shape index (κ3) is 2.35. The molecule has 0 aliphatic carbocycles. The minimum Gasteiger partial charge on any atom is -0.354 e. The van der Waals surface area contributed by atoms with Crippen molar-refractivity contribution in [3.05, 3.63) is 59.4 Å². The van der Waals surface area contributed by atoms with Gasteiger partial charge in [0.15, 0.2) is 6.29 Å². The monoisotopic (exact) mass is 281 g/mol. The Morgan fingerprint density at radius 1 is 1.10 bits per heavy atom. The molecule has 1 heterocycles. The maximum absolute atomic E-state index is 13.4. The van der Waals surface area contributed by atoms with Crippen LogP contribution in [-0.2, 0) is 0 Å². The van der Waals surface area contributed by atoms with Crippen molar-refractivity contribution >= 4 is 17.2 Å². The molecule has 0 aliphatic heterocycles. The molecule has 0 saturated heterocycles. The molecule has 0 aliphatic rings. The van der Waals surface area contributed by atoms with Crippen LogP contribution in [0.5, 0.6) is 0 Å². The summed E-state index contributed by atoms with van der Waals surface area (Å²) in [5.74, 6) is 0.118. The lowest BCUT2D eigenvalue weighted by Gasteiger charge is -2.06. The number of aldehydes is 1. The van der Waals surface area contributed by atoms with E-state index in [-0.39, 0.29) is 5.82 Å². The standard InChI is InChI=1S/C18H16FNO/c1-11(2)12-3-5-13(6-4-12)18-16(10-21)15-9-14(19)7-8-17(15)20-18/h3-11,20H,1-2H3. The Morgan fingerprint density at radius 3 is 2.43 bits per heavy atom. The molecular weight excluding hydrogens is 265 g/mol. The maximum atomic E-state index is 13.4. The van der Waals surface area contributed by atoms with Crippen LogP contribution in [0.3, 0.4) is 0 Å². The van der Waals surface area contributed by atoms with Crippen LogP contribution in [0, 0.1) is 5.82 Å². The molecule has 0 bridgehead atoms. The highest BCUT2D eigenvalue weighted by Crippen LogP contribution is 2.30. The number of benzene rings is 2. The van der Waals surface area contributed by atoms with Crippen LogP contribution >= 0.6 is 0 Å². The van der Waals surface area contributed by atoms with Crippen LogP contribution in [0.15, 0.2) is 42.5 Å². The summed E-state index contributed by atoms with van der Waals surface area (Å²) in [5, 5.41) is 0.618. The summed E-state index contributed by atoms with van der Waals surface area (Å²) in [6.45, 7) is 4.27. The average molecular weight is 281 g/mol. The van der Waals surface area contributed by atoms with E-state index in [1.807, 2.05) is 12.1 Å². The van der Waals surface area contributed by atoms with Crippen molar-refractivity contribution in [2.45, 2.75) is 19.8 Å². The van der Waals surface area contributed by atoms with Gasteiger partial charge in [0.25, 0.3) is 0 Å². The first-order valence-electron chi connectivity index (χ1n) is 6.97. The van der Waals surface area contributed by atoms with Crippen LogP contribution < -0.4 is 0 Å². The molecule has 1 aromatic heterocycles. The molecule has 2 aromatic carbocycles. The predicted molar refractivity (Wildman–Crippen MR) is 83.2 cm³/mol. The van der Waals surface area contributed by atoms with Crippen LogP contribution in [0.4, 0.5) is 4.39 Å². The zero-order valence-corrected chi connectivity index (χ0v) is 12.0. The van der Waals surface area contributed by atoms with Gasteiger partial charge in [0.2, 0.25) is 0 Å². The van der Waals surface area contributed by atoms with Crippen molar-refractivity contribution in [1.82, 2.24) is 4.98 Å². The quantitative estimate of drug-likeness (QED) is 0.680. The van der Waals surface area contributed by atoms with Crippen LogP contribution in [0.2, 0.25) is 0 Å². The molecule has 21 heavy (non-hydrogen) atoms. The lowest BCUT2D eigenvalue weighted by atomic mass is 9.99. The molecule has 0 fully saturated rings. The molecule has 2 nitrogen and oxygen atoms in total. The second-order valence-electron chi connectivity index (χ2n) is 5.50. The molecule has 0 unspecified atom stereocenters. The maximum Gasteiger partial charge on any atom is 0.152 e. The van der Waals surface area contributed by atoms with Gasteiger partial charge >= 0.3 is 0 Å². The Morgan fingerprint density at radius 2 is 1.81 bits per heavy atom. The van der Waals surface area contributed by atoms with Gasteiger partial charge < -0.3 is 4.98 Å². The number of hydrogen-bond donors (Lipinski definition) is 1. The number of carbonyl (C=O) groups excluding carboxylic acids is 1. The summed E-state index contributed by atoms with van der Waals surface area (Å²) in [6, 6.07) is 12.5. The first kappa shape index (κ1) is 13.6. The van der Waals surface area contributed by atoms with E-state index < -0.39 is 0 Å². The van der Waals surface area contributed by atoms with Gasteiger partial charge in [0.05, 0.1) is 5.69 Å². The molecule has 0 radical (unpaired) electrons. The van der Waals surface area contributed by atoms with E-state index in [1.165, 1.54) is 17.7 Å². The number of hydrogen-bond acceptors (Lipinski definition) is 1. The van der Waals surface area contributed by atoms with Gasteiger partial charge in [-0.15, -0.1) is 0 Å². The third-order valence-electron chi connectivity index (χ3n) is 3.78. The number of aromatic amines is 1. The van der Waals surface area contributed by atoms with Gasteiger partial charge in [-0.3, -0.25) is 4.79 Å². The van der Waals surface area contributed by atoms with Crippen LogP contribution in [-0.4, -0.2) is 11.3 Å². The largest absolute Gasteiger partial charge is 0.354 e. The number of halogens is 1. The highest BCUT2D eigenvalue weighted by atomic mass is 19.1. The molecule has 0 atom stereocenters. The summed E-state index contributed by atoms with van der Waals surface area (Å²) in [6.07, 6.45) is 0.782. The number of carbonyl (C=O) groups is 1. The van der Waals surface area contributed by atoms with Crippen molar-refractivity contribution in [1.29, 1.82) is 0 Å². The number of aromatic nitrogens is 1. The fraction of sp³-hybridized carbons (Fsp3) is 0.167. The van der Waals surface area contributed by atoms with Crippen LogP contribution in [0.1, 0.15) is 35.7 Å². The molecule has 0 saturated carbocycles. The Balaban J connectivity index is 2.17. The van der Waals surface area contributed by atoms with Crippen molar-refractivity contribution in [3.8, 4) is 11.3 Å². The van der Waals surface area contributed by atoms with Gasteiger partial charge in [0.1, 0.15) is 5.82 Å². The van der Waals surface area contributed by atoms with E-state index in [0.29, 0.717) is 16.9 Å². The van der Waals surface area contributed by atoms with E-state index >= 15 is 0 Å². The zero-order valence-electron chi connectivity index (χ0n) is 12.0. The van der Waals surface area contributed by atoms with Gasteiger partial charge in [-0.1, -0.05) is 38.1 Å². The molecule has 0 amide bonds. The van der Waals surface area contributed by atoms with E-state index in [2.05, 4.69) is 31.0 Å². The Bertz CT molecular complexity index is 800. The van der Waals surface area contributed by atoms with Crippen LogP contribution in [0.25, 0.3) is 22.2 Å². The minimum absolute atomic E-state index is 0.341. The average Bonchev–Trinajstić information content (AvgIpc) is 2.85. The minimum atomic E-state index is -0.341. The number of H-pyrrole nitrogens is 1. The summed E-state index contributed by atoms with van der Waals surface area (Å²) < 4.78 is 13.4. The van der Waals surface area contributed by atoms with E-state index in [1.54, 1.807) is 6.07 Å². The van der Waals surface area contributed by atoms with E-state index in [4.69, 9.17) is 0 Å². The normalized spacial score (nSPS) is 11.2. The van der Waals surface area contributed by atoms with Gasteiger partial charge in [-0.25, -0.2) is 4.39 Å². The van der Waals surface area contributed by atoms with Gasteiger partial charge in [-0.05, 0) is 35.2 Å². The molecule has 106 valence electrons. The molecule has 1 N–H and O–H groups in total. The lowest BCUT2D eigenvalue weighted by Crippen LogP contribution is -1.88. The summed E-state index contributed by atoms with van der Waals surface area (Å²) >= 11 is 0. The smallest absolute Gasteiger partial charge is 0.152 e. The van der Waals surface area contributed by atoms with Crippen molar-refractivity contribution in [2.75, 3.05) is 0 Å². The van der Waals surface area contributed by atoms with Crippen molar-refractivity contribution < 1.29 is 9.18 Å².